The van der Waals surface area contributed by atoms with Gasteiger partial charge in [0.1, 0.15) is 54.9 Å². The number of aliphatic hydroxyl groups excluding tert-OH is 7. The van der Waals surface area contributed by atoms with Gasteiger partial charge in [-0.1, -0.05) is 204 Å². The molecule has 14 nitrogen and oxygen atoms in total. The molecule has 2 aliphatic rings. The quantitative estimate of drug-likeness (QED) is 0.0172. The van der Waals surface area contributed by atoms with E-state index in [1.807, 2.05) is 0 Å². The molecule has 11 atom stereocenters. The van der Waals surface area contributed by atoms with Crippen molar-refractivity contribution in [2.24, 2.45) is 0 Å². The molecule has 71 heavy (non-hydrogen) atoms. The van der Waals surface area contributed by atoms with Crippen LogP contribution in [0.5, 0.6) is 0 Å². The number of aliphatic hydroxyl groups is 7. The van der Waals surface area contributed by atoms with Gasteiger partial charge in [-0.25, -0.2) is 0 Å². The minimum atomic E-state index is -1.71. The minimum absolute atomic E-state index is 0.0552. The molecule has 11 unspecified atom stereocenters. The number of carbonyl (C=O) groups is 1. The van der Waals surface area contributed by atoms with Crippen LogP contribution in [-0.4, -0.2) is 142 Å². The average Bonchev–Trinajstić information content (AvgIpc) is 3.37. The molecule has 0 spiro atoms. The fraction of sp³-hybridized carbons (Fsp3) is 0.877. The third-order valence-corrected chi connectivity index (χ3v) is 13.7. The first-order valence-corrected chi connectivity index (χ1v) is 28.6. The molecule has 0 radical (unpaired) electrons. The summed E-state index contributed by atoms with van der Waals surface area (Å²) in [4.78, 5) is 13.1. The maximum Gasteiger partial charge on any atom is 0.306 e. The number of hydrogen-bond acceptors (Lipinski definition) is 14. The topological polar surface area (TPSA) is 214 Å². The number of esters is 1. The van der Waals surface area contributed by atoms with Gasteiger partial charge in [-0.3, -0.25) is 4.79 Å². The van der Waals surface area contributed by atoms with Crippen molar-refractivity contribution in [3.63, 3.8) is 0 Å². The number of rotatable bonds is 46. The lowest BCUT2D eigenvalue weighted by molar-refractivity contribution is -0.332. The zero-order valence-electron chi connectivity index (χ0n) is 44.5. The Morgan fingerprint density at radius 1 is 0.479 bits per heavy atom. The average molecular weight is 1010 g/mol. The van der Waals surface area contributed by atoms with Crippen molar-refractivity contribution in [2.45, 2.75) is 287 Å². The molecule has 2 aliphatic heterocycles. The van der Waals surface area contributed by atoms with Crippen LogP contribution in [0.1, 0.15) is 219 Å². The van der Waals surface area contributed by atoms with Crippen molar-refractivity contribution >= 4 is 5.97 Å². The predicted molar refractivity (Wildman–Crippen MR) is 280 cm³/mol. The fourth-order valence-corrected chi connectivity index (χ4v) is 9.07. The van der Waals surface area contributed by atoms with E-state index in [1.54, 1.807) is 0 Å². The summed E-state index contributed by atoms with van der Waals surface area (Å²) in [7, 11) is 0. The van der Waals surface area contributed by atoms with Crippen molar-refractivity contribution in [3.8, 4) is 0 Å². The van der Waals surface area contributed by atoms with Crippen LogP contribution in [-0.2, 0) is 33.2 Å². The van der Waals surface area contributed by atoms with Crippen molar-refractivity contribution < 1.29 is 69.0 Å². The molecule has 2 saturated heterocycles. The lowest BCUT2D eigenvalue weighted by atomic mass is 9.98. The zero-order valence-corrected chi connectivity index (χ0v) is 44.5. The summed E-state index contributed by atoms with van der Waals surface area (Å²) in [6, 6.07) is 0. The van der Waals surface area contributed by atoms with Crippen LogP contribution in [0.4, 0.5) is 0 Å². The lowest BCUT2D eigenvalue weighted by Crippen LogP contribution is -2.61. The molecule has 0 aromatic carbocycles. The van der Waals surface area contributed by atoms with Crippen LogP contribution in [0.3, 0.4) is 0 Å². The molecule has 14 heteroatoms. The Morgan fingerprint density at radius 2 is 0.915 bits per heavy atom. The largest absolute Gasteiger partial charge is 0.457 e. The van der Waals surface area contributed by atoms with E-state index in [4.69, 9.17) is 28.4 Å². The first-order valence-electron chi connectivity index (χ1n) is 28.6. The van der Waals surface area contributed by atoms with E-state index in [1.165, 1.54) is 122 Å². The molecule has 7 N–H and O–H groups in total. The van der Waals surface area contributed by atoms with E-state index in [0.717, 1.165) is 70.6 Å². The highest BCUT2D eigenvalue weighted by molar-refractivity contribution is 5.69. The summed E-state index contributed by atoms with van der Waals surface area (Å²) in [6.07, 6.45) is 34.9. The van der Waals surface area contributed by atoms with Gasteiger partial charge in [-0.2, -0.15) is 0 Å². The molecule has 2 rings (SSSR count). The van der Waals surface area contributed by atoms with Crippen LogP contribution in [0, 0.1) is 0 Å². The van der Waals surface area contributed by atoms with Crippen LogP contribution >= 0.6 is 0 Å². The summed E-state index contributed by atoms with van der Waals surface area (Å²) >= 11 is 0. The molecule has 0 aliphatic carbocycles. The van der Waals surface area contributed by atoms with Crippen LogP contribution in [0.15, 0.2) is 36.5 Å². The van der Waals surface area contributed by atoms with Crippen molar-refractivity contribution in [1.82, 2.24) is 0 Å². The second-order valence-corrected chi connectivity index (χ2v) is 20.1. The Balaban J connectivity index is 1.71. The first-order chi connectivity index (χ1) is 34.6. The number of unbranched alkanes of at least 4 members (excludes halogenated alkanes) is 26. The summed E-state index contributed by atoms with van der Waals surface area (Å²) in [5.74, 6) is -0.377. The van der Waals surface area contributed by atoms with Crippen molar-refractivity contribution in [3.05, 3.63) is 36.5 Å². The van der Waals surface area contributed by atoms with Gasteiger partial charge in [0, 0.05) is 13.0 Å². The molecular formula is C57H104O14. The molecular weight excluding hydrogens is 909 g/mol. The monoisotopic (exact) mass is 1010 g/mol. The number of ether oxygens (including phenoxy) is 6. The van der Waals surface area contributed by atoms with Gasteiger partial charge < -0.3 is 64.2 Å². The van der Waals surface area contributed by atoms with Gasteiger partial charge in [0.25, 0.3) is 0 Å². The Bertz CT molecular complexity index is 1310. The van der Waals surface area contributed by atoms with Crippen molar-refractivity contribution in [2.75, 3.05) is 33.0 Å². The van der Waals surface area contributed by atoms with Gasteiger partial charge in [0.15, 0.2) is 12.6 Å². The Labute approximate surface area is 429 Å². The van der Waals surface area contributed by atoms with E-state index in [-0.39, 0.29) is 25.6 Å². The van der Waals surface area contributed by atoms with E-state index < -0.39 is 80.7 Å². The highest BCUT2D eigenvalue weighted by atomic mass is 16.7. The summed E-state index contributed by atoms with van der Waals surface area (Å²) in [5.41, 5.74) is 0. The smallest absolute Gasteiger partial charge is 0.306 e. The normalized spacial score (nSPS) is 25.5. The second kappa shape index (κ2) is 44.5. The van der Waals surface area contributed by atoms with Crippen molar-refractivity contribution in [1.29, 1.82) is 0 Å². The Kier molecular flexibility index (Phi) is 40.9. The van der Waals surface area contributed by atoms with Crippen LogP contribution in [0.2, 0.25) is 0 Å². The molecule has 0 aromatic heterocycles. The van der Waals surface area contributed by atoms with Crippen LogP contribution in [0.25, 0.3) is 0 Å². The highest BCUT2D eigenvalue weighted by Gasteiger charge is 2.47. The molecule has 416 valence electrons. The van der Waals surface area contributed by atoms with Gasteiger partial charge in [0.05, 0.1) is 26.4 Å². The van der Waals surface area contributed by atoms with E-state index in [2.05, 4.69) is 50.3 Å². The highest BCUT2D eigenvalue weighted by Crippen LogP contribution is 2.27. The summed E-state index contributed by atoms with van der Waals surface area (Å²) in [5, 5.41) is 72.3. The van der Waals surface area contributed by atoms with E-state index in [9.17, 15) is 40.5 Å². The molecule has 0 bridgehead atoms. The fourth-order valence-electron chi connectivity index (χ4n) is 9.07. The maximum absolute atomic E-state index is 13.1. The van der Waals surface area contributed by atoms with Gasteiger partial charge in [0.2, 0.25) is 0 Å². The summed E-state index contributed by atoms with van der Waals surface area (Å²) < 4.78 is 34.4. The molecule has 2 heterocycles. The Morgan fingerprint density at radius 3 is 1.44 bits per heavy atom. The molecule has 0 amide bonds. The first kappa shape index (κ1) is 65.3. The van der Waals surface area contributed by atoms with E-state index >= 15 is 0 Å². The zero-order chi connectivity index (χ0) is 51.6. The van der Waals surface area contributed by atoms with Gasteiger partial charge >= 0.3 is 5.97 Å². The van der Waals surface area contributed by atoms with E-state index in [0.29, 0.717) is 13.0 Å². The molecule has 0 aromatic rings. The van der Waals surface area contributed by atoms with Gasteiger partial charge in [-0.15, -0.1) is 0 Å². The lowest BCUT2D eigenvalue weighted by Gasteiger charge is -2.42. The SMILES string of the molecule is CC/C=C\C/C=C\C/C=C\CCCCCCCCOCC(COC1OC(COC2OC(CO)C(O)C(O)C2O)C(O)C(O)C1O)OC(=O)CCCCCCCCCCCCCCCCCCCCCCC. The third kappa shape index (κ3) is 31.6. The molecule has 2 fully saturated rings. The standard InChI is InChI=1S/C57H104O14/c1-3-5-7-9-11-13-15-17-19-21-22-23-24-25-26-28-30-32-34-36-38-40-49(59)69-46(43-66-41-39-37-35-33-31-29-27-20-18-16-14-12-10-8-6-4-2)44-67-56-55(65)53(63)51(61)48(71-56)45-68-57-54(64)52(62)50(60)47(42-58)70-57/h6,8,12,14,18,20,46-48,50-58,60-65H,3-5,7,9-11,13,15-17,19,21-45H2,1-2H3/b8-6-,14-12-,20-18-. The third-order valence-electron chi connectivity index (χ3n) is 13.7. The van der Waals surface area contributed by atoms with Crippen LogP contribution < -0.4 is 0 Å². The summed E-state index contributed by atoms with van der Waals surface area (Å²) in [6.45, 7) is 3.58. The Hall–Kier alpha value is -1.79. The minimum Gasteiger partial charge on any atom is -0.457 e. The number of allylic oxidation sites excluding steroid dienone is 6. The second-order valence-electron chi connectivity index (χ2n) is 20.1. The number of hydrogen-bond donors (Lipinski definition) is 7. The van der Waals surface area contributed by atoms with Gasteiger partial charge in [-0.05, 0) is 44.9 Å². The number of carbonyl (C=O) groups excluding carboxylic acids is 1. The predicted octanol–water partition coefficient (Wildman–Crippen LogP) is 9.75. The maximum atomic E-state index is 13.1. The molecule has 0 saturated carbocycles.